The number of hydrogen-bond acceptors (Lipinski definition) is 2. The average Bonchev–Trinajstić information content (AvgIpc) is 3.03. The molecule has 0 aliphatic rings. The zero-order valence-electron chi connectivity index (χ0n) is 16.9. The van der Waals surface area contributed by atoms with E-state index in [9.17, 15) is 4.79 Å². The lowest BCUT2D eigenvalue weighted by Gasteiger charge is -2.12. The number of aromatic nitrogens is 3. The van der Waals surface area contributed by atoms with Crippen molar-refractivity contribution in [1.29, 1.82) is 0 Å². The summed E-state index contributed by atoms with van der Waals surface area (Å²) in [7, 11) is 0. The van der Waals surface area contributed by atoms with Crippen molar-refractivity contribution in [3.8, 4) is 22.3 Å². The Morgan fingerprint density at radius 2 is 1.62 bits per heavy atom. The van der Waals surface area contributed by atoms with Gasteiger partial charge >= 0.3 is 5.69 Å². The molecule has 0 unspecified atom stereocenters. The third kappa shape index (κ3) is 3.73. The molecule has 29 heavy (non-hydrogen) atoms. The van der Waals surface area contributed by atoms with Gasteiger partial charge in [0.25, 0.3) is 0 Å². The van der Waals surface area contributed by atoms with E-state index in [-0.39, 0.29) is 5.69 Å². The number of aryl methyl sites for hydroxylation is 1. The second-order valence-electron chi connectivity index (χ2n) is 7.71. The van der Waals surface area contributed by atoms with Crippen LogP contribution in [0.4, 0.5) is 0 Å². The van der Waals surface area contributed by atoms with Crippen molar-refractivity contribution in [2.45, 2.75) is 33.7 Å². The molecule has 2 aromatic carbocycles. The molecule has 0 saturated carbocycles. The van der Waals surface area contributed by atoms with Crippen LogP contribution in [0.5, 0.6) is 0 Å². The fraction of sp³-hybridized carbons (Fsp3) is 0.250. The maximum atomic E-state index is 12.9. The van der Waals surface area contributed by atoms with E-state index in [1.54, 1.807) is 9.08 Å². The van der Waals surface area contributed by atoms with Crippen molar-refractivity contribution < 1.29 is 0 Å². The molecule has 4 nitrogen and oxygen atoms in total. The van der Waals surface area contributed by atoms with Crippen LogP contribution in [0.2, 0.25) is 5.02 Å². The van der Waals surface area contributed by atoms with Gasteiger partial charge in [-0.1, -0.05) is 68.8 Å². The van der Waals surface area contributed by atoms with Gasteiger partial charge in [0.05, 0.1) is 0 Å². The van der Waals surface area contributed by atoms with E-state index in [1.165, 1.54) is 5.56 Å². The Kier molecular flexibility index (Phi) is 5.29. The van der Waals surface area contributed by atoms with Crippen LogP contribution in [-0.2, 0) is 13.0 Å². The standard InChI is InChI=1S/C24H24ClN3O/c1-4-17-5-7-19(8-6-17)22-21(18-9-11-20(25)12-10-18)13-14-27-23(22)26-28(24(27)29)15-16(2)3/h5-14,16H,4,15H2,1-3H3. The Morgan fingerprint density at radius 3 is 2.24 bits per heavy atom. The first-order valence-corrected chi connectivity index (χ1v) is 10.3. The molecule has 0 N–H and O–H groups in total. The molecule has 148 valence electrons. The van der Waals surface area contributed by atoms with Crippen molar-refractivity contribution in [2.75, 3.05) is 0 Å². The Hall–Kier alpha value is -2.85. The SMILES string of the molecule is CCc1ccc(-c2c(-c3ccc(Cl)cc3)ccn3c(=O)n(CC(C)C)nc23)cc1. The van der Waals surface area contributed by atoms with Crippen LogP contribution in [0.15, 0.2) is 65.6 Å². The third-order valence-corrected chi connectivity index (χ3v) is 5.35. The molecule has 0 aliphatic carbocycles. The summed E-state index contributed by atoms with van der Waals surface area (Å²) in [5.41, 5.74) is 5.90. The highest BCUT2D eigenvalue weighted by Gasteiger charge is 2.18. The molecule has 0 amide bonds. The summed E-state index contributed by atoms with van der Waals surface area (Å²) in [5, 5.41) is 5.41. The first kappa shape index (κ1) is 19.5. The number of benzene rings is 2. The van der Waals surface area contributed by atoms with E-state index in [0.29, 0.717) is 23.1 Å². The van der Waals surface area contributed by atoms with Crippen LogP contribution in [0.25, 0.3) is 27.9 Å². The van der Waals surface area contributed by atoms with Gasteiger partial charge < -0.3 is 0 Å². The second-order valence-corrected chi connectivity index (χ2v) is 8.15. The number of pyridine rings is 1. The zero-order chi connectivity index (χ0) is 20.5. The van der Waals surface area contributed by atoms with E-state index in [4.69, 9.17) is 16.7 Å². The molecular formula is C24H24ClN3O. The van der Waals surface area contributed by atoms with Crippen molar-refractivity contribution in [1.82, 2.24) is 14.2 Å². The van der Waals surface area contributed by atoms with Crippen molar-refractivity contribution >= 4 is 17.2 Å². The van der Waals surface area contributed by atoms with E-state index in [1.807, 2.05) is 36.5 Å². The Morgan fingerprint density at radius 1 is 0.966 bits per heavy atom. The number of hydrogen-bond donors (Lipinski definition) is 0. The second kappa shape index (κ2) is 7.88. The van der Waals surface area contributed by atoms with Crippen molar-refractivity contribution in [3.63, 3.8) is 0 Å². The first-order valence-electron chi connectivity index (χ1n) is 9.95. The molecule has 0 atom stereocenters. The minimum absolute atomic E-state index is 0.109. The van der Waals surface area contributed by atoms with Crippen LogP contribution >= 0.6 is 11.6 Å². The van der Waals surface area contributed by atoms with E-state index in [0.717, 1.165) is 28.7 Å². The molecule has 0 radical (unpaired) electrons. The number of rotatable bonds is 5. The number of nitrogens with zero attached hydrogens (tertiary/aromatic N) is 3. The monoisotopic (exact) mass is 405 g/mol. The third-order valence-electron chi connectivity index (χ3n) is 5.10. The van der Waals surface area contributed by atoms with Crippen molar-refractivity contribution in [3.05, 3.63) is 81.9 Å². The van der Waals surface area contributed by atoms with Crippen LogP contribution in [0.3, 0.4) is 0 Å². The van der Waals surface area contributed by atoms with Crippen LogP contribution in [0, 0.1) is 5.92 Å². The molecule has 0 aliphatic heterocycles. The average molecular weight is 406 g/mol. The lowest BCUT2D eigenvalue weighted by atomic mass is 9.95. The molecule has 2 heterocycles. The highest BCUT2D eigenvalue weighted by Crippen LogP contribution is 2.35. The molecule has 0 bridgehead atoms. The Labute approximate surface area is 175 Å². The normalized spacial score (nSPS) is 11.5. The first-order chi connectivity index (χ1) is 14.0. The van der Waals surface area contributed by atoms with Gasteiger partial charge in [-0.3, -0.25) is 0 Å². The molecule has 5 heteroatoms. The van der Waals surface area contributed by atoms with Gasteiger partial charge in [-0.2, -0.15) is 0 Å². The maximum absolute atomic E-state index is 12.9. The summed E-state index contributed by atoms with van der Waals surface area (Å²) >= 11 is 6.10. The quantitative estimate of drug-likeness (QED) is 0.427. The van der Waals surface area contributed by atoms with Crippen molar-refractivity contribution in [2.24, 2.45) is 5.92 Å². The van der Waals surface area contributed by atoms with Crippen LogP contribution in [-0.4, -0.2) is 14.2 Å². The fourth-order valence-electron chi connectivity index (χ4n) is 3.60. The largest absolute Gasteiger partial charge is 0.350 e. The summed E-state index contributed by atoms with van der Waals surface area (Å²) < 4.78 is 3.21. The molecule has 4 aromatic rings. The molecule has 4 rings (SSSR count). The summed E-state index contributed by atoms with van der Waals surface area (Å²) in [5.74, 6) is 0.334. The molecular weight excluding hydrogens is 382 g/mol. The molecule has 2 aromatic heterocycles. The smallest absolute Gasteiger partial charge is 0.250 e. The van der Waals surface area contributed by atoms with Gasteiger partial charge in [0.1, 0.15) is 0 Å². The van der Waals surface area contributed by atoms with E-state index in [2.05, 4.69) is 45.0 Å². The summed E-state index contributed by atoms with van der Waals surface area (Å²) in [6.45, 7) is 6.90. The minimum atomic E-state index is -0.109. The van der Waals surface area contributed by atoms with Gasteiger partial charge in [-0.15, -0.1) is 5.10 Å². The minimum Gasteiger partial charge on any atom is -0.250 e. The van der Waals surface area contributed by atoms with Gasteiger partial charge in [0.2, 0.25) is 0 Å². The molecule has 0 fully saturated rings. The number of fused-ring (bicyclic) bond motifs is 1. The molecule has 0 saturated heterocycles. The van der Waals surface area contributed by atoms with Gasteiger partial charge in [0.15, 0.2) is 5.65 Å². The highest BCUT2D eigenvalue weighted by molar-refractivity contribution is 6.30. The highest BCUT2D eigenvalue weighted by atomic mass is 35.5. The van der Waals surface area contributed by atoms with Gasteiger partial charge in [-0.25, -0.2) is 13.9 Å². The van der Waals surface area contributed by atoms with Crippen LogP contribution < -0.4 is 5.69 Å². The maximum Gasteiger partial charge on any atom is 0.350 e. The predicted octanol–water partition coefficient (Wildman–Crippen LogP) is 5.70. The topological polar surface area (TPSA) is 39.3 Å². The van der Waals surface area contributed by atoms with E-state index >= 15 is 0 Å². The van der Waals surface area contributed by atoms with E-state index < -0.39 is 0 Å². The molecule has 0 spiro atoms. The Balaban J connectivity index is 2.01. The summed E-state index contributed by atoms with van der Waals surface area (Å²) in [6, 6.07) is 18.2. The summed E-state index contributed by atoms with van der Waals surface area (Å²) in [4.78, 5) is 12.9. The fourth-order valence-corrected chi connectivity index (χ4v) is 3.73. The van der Waals surface area contributed by atoms with Crippen LogP contribution in [0.1, 0.15) is 26.3 Å². The Bertz CT molecular complexity index is 1200. The zero-order valence-corrected chi connectivity index (χ0v) is 17.6. The number of halogens is 1. The summed E-state index contributed by atoms with van der Waals surface area (Å²) in [6.07, 6.45) is 2.80. The lowest BCUT2D eigenvalue weighted by Crippen LogP contribution is -2.23. The van der Waals surface area contributed by atoms with Gasteiger partial charge in [-0.05, 0) is 52.8 Å². The van der Waals surface area contributed by atoms with Gasteiger partial charge in [0, 0.05) is 23.3 Å². The predicted molar refractivity (Wildman–Crippen MR) is 120 cm³/mol. The lowest BCUT2D eigenvalue weighted by molar-refractivity contribution is 0.471.